The van der Waals surface area contributed by atoms with E-state index < -0.39 is 6.04 Å². The van der Waals surface area contributed by atoms with Crippen LogP contribution in [0.25, 0.3) is 0 Å². The molecule has 0 spiro atoms. The van der Waals surface area contributed by atoms with Crippen molar-refractivity contribution in [3.8, 4) is 6.07 Å². The lowest BCUT2D eigenvalue weighted by molar-refractivity contribution is 0.923. The zero-order valence-electron chi connectivity index (χ0n) is 8.40. The van der Waals surface area contributed by atoms with Gasteiger partial charge < -0.3 is 5.73 Å². The summed E-state index contributed by atoms with van der Waals surface area (Å²) in [6.07, 6.45) is 0. The fraction of sp³-hybridized carbons (Fsp3) is 0.364. The lowest BCUT2D eigenvalue weighted by Gasteiger charge is -2.06. The Balaban J connectivity index is 2.74. The van der Waals surface area contributed by atoms with Crippen molar-refractivity contribution in [2.45, 2.75) is 30.0 Å². The SMILES string of the molecule is CC(C)Sc1ccc(C(N)C#N)cc1. The van der Waals surface area contributed by atoms with Crippen molar-refractivity contribution >= 4 is 11.8 Å². The summed E-state index contributed by atoms with van der Waals surface area (Å²) in [5, 5.41) is 9.20. The maximum atomic E-state index is 8.62. The zero-order chi connectivity index (χ0) is 10.6. The number of hydrogen-bond acceptors (Lipinski definition) is 3. The van der Waals surface area contributed by atoms with E-state index in [1.165, 1.54) is 4.90 Å². The van der Waals surface area contributed by atoms with Crippen LogP contribution in [0.1, 0.15) is 25.5 Å². The maximum absolute atomic E-state index is 8.62. The molecule has 14 heavy (non-hydrogen) atoms. The Hall–Kier alpha value is -0.980. The van der Waals surface area contributed by atoms with Gasteiger partial charge in [0.2, 0.25) is 0 Å². The average Bonchev–Trinajstić information content (AvgIpc) is 2.17. The van der Waals surface area contributed by atoms with Crippen LogP contribution >= 0.6 is 11.8 Å². The number of nitrogens with zero attached hydrogens (tertiary/aromatic N) is 1. The van der Waals surface area contributed by atoms with E-state index in [2.05, 4.69) is 13.8 Å². The molecule has 1 aromatic carbocycles. The molecule has 74 valence electrons. The first-order chi connectivity index (χ1) is 6.63. The van der Waals surface area contributed by atoms with Gasteiger partial charge in [-0.3, -0.25) is 0 Å². The van der Waals surface area contributed by atoms with Crippen LogP contribution in [-0.2, 0) is 0 Å². The van der Waals surface area contributed by atoms with Gasteiger partial charge in [-0.05, 0) is 17.7 Å². The molecule has 0 aliphatic heterocycles. The minimum Gasteiger partial charge on any atom is -0.312 e. The number of rotatable bonds is 3. The molecular formula is C11H14N2S. The van der Waals surface area contributed by atoms with Gasteiger partial charge in [0, 0.05) is 10.1 Å². The molecule has 1 rings (SSSR count). The van der Waals surface area contributed by atoms with Gasteiger partial charge in [0.15, 0.2) is 0 Å². The van der Waals surface area contributed by atoms with Crippen LogP contribution in [0.4, 0.5) is 0 Å². The number of thioether (sulfide) groups is 1. The molecule has 2 nitrogen and oxygen atoms in total. The summed E-state index contributed by atoms with van der Waals surface area (Å²) in [6.45, 7) is 4.30. The van der Waals surface area contributed by atoms with E-state index >= 15 is 0 Å². The third kappa shape index (κ3) is 3.06. The second kappa shape index (κ2) is 5.04. The quantitative estimate of drug-likeness (QED) is 0.773. The van der Waals surface area contributed by atoms with E-state index in [-0.39, 0.29) is 0 Å². The third-order valence-electron chi connectivity index (χ3n) is 1.75. The van der Waals surface area contributed by atoms with Gasteiger partial charge in [0.25, 0.3) is 0 Å². The minimum atomic E-state index is -0.506. The molecule has 1 atom stereocenters. The predicted molar refractivity (Wildman–Crippen MR) is 60.0 cm³/mol. The summed E-state index contributed by atoms with van der Waals surface area (Å²) in [4.78, 5) is 1.22. The molecular weight excluding hydrogens is 192 g/mol. The van der Waals surface area contributed by atoms with Crippen LogP contribution in [0.2, 0.25) is 0 Å². The Morgan fingerprint density at radius 1 is 1.29 bits per heavy atom. The summed E-state index contributed by atoms with van der Waals surface area (Å²) < 4.78 is 0. The van der Waals surface area contributed by atoms with Gasteiger partial charge in [-0.15, -0.1) is 11.8 Å². The normalized spacial score (nSPS) is 12.5. The average molecular weight is 206 g/mol. The highest BCUT2D eigenvalue weighted by Gasteiger charge is 2.04. The smallest absolute Gasteiger partial charge is 0.118 e. The topological polar surface area (TPSA) is 49.8 Å². The number of benzene rings is 1. The molecule has 0 aliphatic carbocycles. The highest BCUT2D eigenvalue weighted by atomic mass is 32.2. The second-order valence-electron chi connectivity index (χ2n) is 3.34. The number of nitriles is 1. The molecule has 1 aromatic rings. The van der Waals surface area contributed by atoms with Crippen LogP contribution in [0, 0.1) is 11.3 Å². The molecule has 0 saturated carbocycles. The van der Waals surface area contributed by atoms with E-state index in [1.807, 2.05) is 30.3 Å². The van der Waals surface area contributed by atoms with Gasteiger partial charge in [-0.25, -0.2) is 0 Å². The molecule has 1 unspecified atom stereocenters. The van der Waals surface area contributed by atoms with Gasteiger partial charge in [-0.1, -0.05) is 26.0 Å². The van der Waals surface area contributed by atoms with Crippen molar-refractivity contribution in [3.05, 3.63) is 29.8 Å². The molecule has 0 amide bonds. The van der Waals surface area contributed by atoms with Crippen LogP contribution in [0.5, 0.6) is 0 Å². The predicted octanol–water partition coefficient (Wildman–Crippen LogP) is 2.71. The summed E-state index contributed by atoms with van der Waals surface area (Å²) in [5.41, 5.74) is 6.45. The summed E-state index contributed by atoms with van der Waals surface area (Å²) in [6, 6.07) is 9.36. The summed E-state index contributed by atoms with van der Waals surface area (Å²) >= 11 is 1.80. The Morgan fingerprint density at radius 2 is 1.86 bits per heavy atom. The minimum absolute atomic E-state index is 0.506. The lowest BCUT2D eigenvalue weighted by atomic mass is 10.1. The van der Waals surface area contributed by atoms with Crippen molar-refractivity contribution in [2.75, 3.05) is 0 Å². The molecule has 0 aromatic heterocycles. The number of hydrogen-bond donors (Lipinski definition) is 1. The van der Waals surface area contributed by atoms with Crippen molar-refractivity contribution in [1.29, 1.82) is 5.26 Å². The molecule has 2 N–H and O–H groups in total. The molecule has 0 radical (unpaired) electrons. The van der Waals surface area contributed by atoms with Gasteiger partial charge in [0.1, 0.15) is 6.04 Å². The highest BCUT2D eigenvalue weighted by Crippen LogP contribution is 2.23. The molecule has 0 fully saturated rings. The van der Waals surface area contributed by atoms with E-state index in [0.29, 0.717) is 5.25 Å². The Labute approximate surface area is 89.1 Å². The van der Waals surface area contributed by atoms with Crippen LogP contribution < -0.4 is 5.73 Å². The first kappa shape index (κ1) is 11.1. The van der Waals surface area contributed by atoms with Crippen LogP contribution in [0.15, 0.2) is 29.2 Å². The second-order valence-corrected chi connectivity index (χ2v) is 4.99. The van der Waals surface area contributed by atoms with Gasteiger partial charge in [0.05, 0.1) is 6.07 Å². The summed E-state index contributed by atoms with van der Waals surface area (Å²) in [5.74, 6) is 0. The first-order valence-corrected chi connectivity index (χ1v) is 5.43. The maximum Gasteiger partial charge on any atom is 0.118 e. The van der Waals surface area contributed by atoms with E-state index in [4.69, 9.17) is 11.0 Å². The van der Waals surface area contributed by atoms with Crippen molar-refractivity contribution in [1.82, 2.24) is 0 Å². The fourth-order valence-electron chi connectivity index (χ4n) is 1.10. The van der Waals surface area contributed by atoms with Crippen molar-refractivity contribution < 1.29 is 0 Å². The van der Waals surface area contributed by atoms with E-state index in [1.54, 1.807) is 11.8 Å². The van der Waals surface area contributed by atoms with Gasteiger partial charge in [-0.2, -0.15) is 5.26 Å². The largest absolute Gasteiger partial charge is 0.312 e. The van der Waals surface area contributed by atoms with E-state index in [0.717, 1.165) is 5.56 Å². The Kier molecular flexibility index (Phi) is 3.99. The molecule has 0 aliphatic rings. The van der Waals surface area contributed by atoms with Crippen LogP contribution in [-0.4, -0.2) is 5.25 Å². The van der Waals surface area contributed by atoms with Crippen molar-refractivity contribution in [2.24, 2.45) is 5.73 Å². The molecule has 0 heterocycles. The Bertz CT molecular complexity index is 324. The van der Waals surface area contributed by atoms with Crippen molar-refractivity contribution in [3.63, 3.8) is 0 Å². The first-order valence-electron chi connectivity index (χ1n) is 4.55. The van der Waals surface area contributed by atoms with E-state index in [9.17, 15) is 0 Å². The summed E-state index contributed by atoms with van der Waals surface area (Å²) in [7, 11) is 0. The number of nitrogens with two attached hydrogens (primary N) is 1. The van der Waals surface area contributed by atoms with Gasteiger partial charge >= 0.3 is 0 Å². The fourth-order valence-corrected chi connectivity index (χ4v) is 1.94. The Morgan fingerprint density at radius 3 is 2.29 bits per heavy atom. The molecule has 3 heteroatoms. The monoisotopic (exact) mass is 206 g/mol. The lowest BCUT2D eigenvalue weighted by Crippen LogP contribution is -2.06. The molecule has 0 saturated heterocycles. The highest BCUT2D eigenvalue weighted by molar-refractivity contribution is 7.99. The molecule has 0 bridgehead atoms. The third-order valence-corrected chi connectivity index (χ3v) is 2.77. The zero-order valence-corrected chi connectivity index (χ0v) is 9.21. The standard InChI is InChI=1S/C11H14N2S/c1-8(2)14-10-5-3-9(4-6-10)11(13)7-12/h3-6,8,11H,13H2,1-2H3. The van der Waals surface area contributed by atoms with Crippen LogP contribution in [0.3, 0.4) is 0 Å².